The van der Waals surface area contributed by atoms with Gasteiger partial charge in [0.1, 0.15) is 0 Å². The van der Waals surface area contributed by atoms with Crippen molar-refractivity contribution in [1.29, 1.82) is 0 Å². The van der Waals surface area contributed by atoms with Crippen LogP contribution in [-0.2, 0) is 4.79 Å². The van der Waals surface area contributed by atoms with Gasteiger partial charge in [-0.1, -0.05) is 12.2 Å². The van der Waals surface area contributed by atoms with Gasteiger partial charge in [0.2, 0.25) is 0 Å². The second kappa shape index (κ2) is 3.29. The molecule has 0 saturated heterocycles. The van der Waals surface area contributed by atoms with Crippen molar-refractivity contribution in [2.75, 3.05) is 0 Å². The van der Waals surface area contributed by atoms with Crippen molar-refractivity contribution in [2.24, 2.45) is 5.73 Å². The lowest BCUT2D eigenvalue weighted by Crippen LogP contribution is -2.17. The molecule has 0 spiro atoms. The lowest BCUT2D eigenvalue weighted by molar-refractivity contribution is -0.114. The van der Waals surface area contributed by atoms with Crippen LogP contribution in [0.3, 0.4) is 0 Å². The molecule has 2 aliphatic carbocycles. The Morgan fingerprint density at radius 2 is 2.21 bits per heavy atom. The molecule has 0 unspecified atom stereocenters. The average Bonchev–Trinajstić information content (AvgIpc) is 2.17. The zero-order chi connectivity index (χ0) is 10.1. The Labute approximate surface area is 83.5 Å². The minimum Gasteiger partial charge on any atom is -0.402 e. The first kappa shape index (κ1) is 9.00. The molecular weight excluding hydrogens is 174 g/mol. The zero-order valence-corrected chi connectivity index (χ0v) is 8.21. The molecule has 0 atom stereocenters. The van der Waals surface area contributed by atoms with Crippen LogP contribution in [0.4, 0.5) is 0 Å². The highest BCUT2D eigenvalue weighted by molar-refractivity contribution is 6.04. The van der Waals surface area contributed by atoms with Gasteiger partial charge in [0.05, 0.1) is 6.42 Å². The molecule has 0 saturated carbocycles. The summed E-state index contributed by atoms with van der Waals surface area (Å²) in [5.41, 5.74) is 9.33. The molecule has 0 heterocycles. The van der Waals surface area contributed by atoms with Crippen molar-refractivity contribution < 1.29 is 4.79 Å². The van der Waals surface area contributed by atoms with Gasteiger partial charge >= 0.3 is 0 Å². The Morgan fingerprint density at radius 1 is 1.43 bits per heavy atom. The summed E-state index contributed by atoms with van der Waals surface area (Å²) in [6, 6.07) is 0. The van der Waals surface area contributed by atoms with E-state index in [2.05, 4.69) is 6.08 Å². The average molecular weight is 187 g/mol. The summed E-state index contributed by atoms with van der Waals surface area (Å²) in [6.45, 7) is 1.99. The molecule has 0 amide bonds. The Bertz CT molecular complexity index is 408. The van der Waals surface area contributed by atoms with E-state index in [1.807, 2.05) is 25.2 Å². The Kier molecular flexibility index (Phi) is 2.12. The van der Waals surface area contributed by atoms with E-state index < -0.39 is 0 Å². The Hall–Kier alpha value is -1.57. The first-order chi connectivity index (χ1) is 6.70. The van der Waals surface area contributed by atoms with Gasteiger partial charge < -0.3 is 5.73 Å². The molecule has 0 aromatic heterocycles. The summed E-state index contributed by atoms with van der Waals surface area (Å²) in [5, 5.41) is 0. The summed E-state index contributed by atoms with van der Waals surface area (Å²) in [4.78, 5) is 11.6. The number of nitrogens with two attached hydrogens (primary N) is 1. The van der Waals surface area contributed by atoms with E-state index in [1.54, 1.807) is 0 Å². The molecule has 0 radical (unpaired) electrons. The van der Waals surface area contributed by atoms with Gasteiger partial charge in [-0.25, -0.2) is 0 Å². The number of carbonyl (C=O) groups excluding carboxylic acids is 1. The third-order valence-electron chi connectivity index (χ3n) is 2.58. The second-order valence-corrected chi connectivity index (χ2v) is 3.60. The molecule has 0 bridgehead atoms. The van der Waals surface area contributed by atoms with Gasteiger partial charge in [0.25, 0.3) is 0 Å². The zero-order valence-electron chi connectivity index (χ0n) is 8.21. The SMILES string of the molecule is CC=C1C=C2C(=O)CC(N)=CC2=CC1. The molecule has 0 aromatic rings. The van der Waals surface area contributed by atoms with Crippen molar-refractivity contribution in [2.45, 2.75) is 19.8 Å². The van der Waals surface area contributed by atoms with Crippen molar-refractivity contribution in [3.8, 4) is 0 Å². The van der Waals surface area contributed by atoms with Crippen LogP contribution in [0.2, 0.25) is 0 Å². The van der Waals surface area contributed by atoms with Crippen LogP contribution in [-0.4, -0.2) is 5.78 Å². The molecule has 0 aliphatic heterocycles. The monoisotopic (exact) mass is 187 g/mol. The maximum Gasteiger partial charge on any atom is 0.169 e. The van der Waals surface area contributed by atoms with Crippen LogP contribution in [0.5, 0.6) is 0 Å². The summed E-state index contributed by atoms with van der Waals surface area (Å²) in [6.07, 6.45) is 9.23. The van der Waals surface area contributed by atoms with E-state index in [0.29, 0.717) is 12.1 Å². The lowest BCUT2D eigenvalue weighted by Gasteiger charge is -2.19. The standard InChI is InChI=1S/C12H13NO/c1-2-8-3-4-9-6-10(13)7-12(14)11(9)5-8/h2,4-6H,3,7,13H2,1H3. The fraction of sp³-hybridized carbons (Fsp3) is 0.250. The van der Waals surface area contributed by atoms with Crippen LogP contribution in [0, 0.1) is 0 Å². The first-order valence-electron chi connectivity index (χ1n) is 4.77. The molecule has 2 N–H and O–H groups in total. The molecule has 0 aromatic carbocycles. The van der Waals surface area contributed by atoms with E-state index in [0.717, 1.165) is 17.6 Å². The fourth-order valence-electron chi connectivity index (χ4n) is 1.78. The number of Topliss-reactive ketones (excluding diaryl/α,β-unsaturated/α-hetero) is 1. The molecule has 2 nitrogen and oxygen atoms in total. The molecule has 72 valence electrons. The molecular formula is C12H13NO. The van der Waals surface area contributed by atoms with Gasteiger partial charge in [-0.3, -0.25) is 4.79 Å². The molecule has 2 rings (SSSR count). The number of fused-ring (bicyclic) bond motifs is 1. The third kappa shape index (κ3) is 1.43. The first-order valence-corrected chi connectivity index (χ1v) is 4.77. The molecule has 2 aliphatic rings. The number of allylic oxidation sites excluding steroid dienone is 8. The summed E-state index contributed by atoms with van der Waals surface area (Å²) < 4.78 is 0. The molecule has 0 fully saturated rings. The van der Waals surface area contributed by atoms with Crippen molar-refractivity contribution in [3.05, 3.63) is 46.7 Å². The number of carbonyl (C=O) groups is 1. The normalized spacial score (nSPS) is 23.9. The van der Waals surface area contributed by atoms with Gasteiger partial charge in [0.15, 0.2) is 5.78 Å². The van der Waals surface area contributed by atoms with Gasteiger partial charge in [0, 0.05) is 11.3 Å². The number of hydrogen-bond donors (Lipinski definition) is 1. The van der Waals surface area contributed by atoms with Crippen LogP contribution in [0.1, 0.15) is 19.8 Å². The Balaban J connectivity index is 2.46. The van der Waals surface area contributed by atoms with E-state index >= 15 is 0 Å². The summed E-state index contributed by atoms with van der Waals surface area (Å²) in [7, 11) is 0. The molecule has 14 heavy (non-hydrogen) atoms. The van der Waals surface area contributed by atoms with Crippen LogP contribution in [0.15, 0.2) is 46.7 Å². The molecule has 2 heteroatoms. The highest BCUT2D eigenvalue weighted by Crippen LogP contribution is 2.29. The van der Waals surface area contributed by atoms with E-state index in [4.69, 9.17) is 5.73 Å². The summed E-state index contributed by atoms with van der Waals surface area (Å²) >= 11 is 0. The predicted molar refractivity (Wildman–Crippen MR) is 56.4 cm³/mol. The fourth-order valence-corrected chi connectivity index (χ4v) is 1.78. The third-order valence-corrected chi connectivity index (χ3v) is 2.58. The number of hydrogen-bond acceptors (Lipinski definition) is 2. The van der Waals surface area contributed by atoms with E-state index in [1.165, 1.54) is 5.57 Å². The maximum absolute atomic E-state index is 11.6. The smallest absolute Gasteiger partial charge is 0.169 e. The van der Waals surface area contributed by atoms with Crippen LogP contribution < -0.4 is 5.73 Å². The van der Waals surface area contributed by atoms with Gasteiger partial charge in [-0.05, 0) is 36.6 Å². The maximum atomic E-state index is 11.6. The number of ketones is 1. The van der Waals surface area contributed by atoms with Crippen LogP contribution in [0.25, 0.3) is 0 Å². The van der Waals surface area contributed by atoms with Gasteiger partial charge in [-0.15, -0.1) is 0 Å². The topological polar surface area (TPSA) is 43.1 Å². The highest BCUT2D eigenvalue weighted by Gasteiger charge is 2.21. The van der Waals surface area contributed by atoms with Crippen molar-refractivity contribution in [1.82, 2.24) is 0 Å². The Morgan fingerprint density at radius 3 is 2.93 bits per heavy atom. The second-order valence-electron chi connectivity index (χ2n) is 3.60. The van der Waals surface area contributed by atoms with Crippen molar-refractivity contribution in [3.63, 3.8) is 0 Å². The minimum absolute atomic E-state index is 0.135. The predicted octanol–water partition coefficient (Wildman–Crippen LogP) is 2.00. The van der Waals surface area contributed by atoms with E-state index in [-0.39, 0.29) is 5.78 Å². The summed E-state index contributed by atoms with van der Waals surface area (Å²) in [5.74, 6) is 0.135. The largest absolute Gasteiger partial charge is 0.402 e. The lowest BCUT2D eigenvalue weighted by atomic mass is 9.86. The van der Waals surface area contributed by atoms with Gasteiger partial charge in [-0.2, -0.15) is 0 Å². The van der Waals surface area contributed by atoms with Crippen LogP contribution >= 0.6 is 0 Å². The van der Waals surface area contributed by atoms with Crippen molar-refractivity contribution >= 4 is 5.78 Å². The quantitative estimate of drug-likeness (QED) is 0.630. The number of rotatable bonds is 0. The highest BCUT2D eigenvalue weighted by atomic mass is 16.1. The minimum atomic E-state index is 0.135. The van der Waals surface area contributed by atoms with E-state index in [9.17, 15) is 4.79 Å².